The molecule has 39 heavy (non-hydrogen) atoms. The smallest absolute Gasteiger partial charge is 0.318 e. The Balaban J connectivity index is 0.000000163. The van der Waals surface area contributed by atoms with E-state index in [0.29, 0.717) is 29.6 Å². The first-order valence-electron chi connectivity index (χ1n) is 16.1. The van der Waals surface area contributed by atoms with E-state index in [1.165, 1.54) is 76.2 Å². The van der Waals surface area contributed by atoms with Crippen molar-refractivity contribution in [1.29, 1.82) is 0 Å². The van der Waals surface area contributed by atoms with Crippen LogP contribution >= 0.6 is 0 Å². The van der Waals surface area contributed by atoms with E-state index in [1.807, 2.05) is 0 Å². The molecular formula is C33H48O6. The molecule has 6 aliphatic rings. The van der Waals surface area contributed by atoms with Crippen LogP contribution in [0.4, 0.5) is 0 Å². The van der Waals surface area contributed by atoms with E-state index < -0.39 is 0 Å². The molecule has 6 heteroatoms. The molecule has 4 aliphatic carbocycles. The third-order valence-electron chi connectivity index (χ3n) is 11.1. The summed E-state index contributed by atoms with van der Waals surface area (Å²) in [4.78, 5) is 47.3. The van der Waals surface area contributed by atoms with E-state index in [9.17, 15) is 19.2 Å². The van der Waals surface area contributed by atoms with Crippen LogP contribution in [-0.2, 0) is 28.7 Å². The molecular weight excluding hydrogens is 492 g/mol. The SMILES string of the molecule is CCCCCC1=CC2CC1C1C(=O)OC(=O)C21.CCCCCC1C(CCCCC)C2CC1C1C(=O)OC(=O)C21. The average molecular weight is 541 g/mol. The summed E-state index contributed by atoms with van der Waals surface area (Å²) in [7, 11) is 0. The number of allylic oxidation sites excluding steroid dienone is 2. The standard InChI is InChI=1S/C19H30O3.C14H18O3/c1-3-5-7-9-12-13(10-8-6-4-2)15-11-14(12)16-17(15)19(21)22-18(16)20;1-2-3-4-5-8-6-9-7-10(8)12-11(9)13(15)17-14(12)16/h12-17H,3-11H2,1-2H3;6,9-12H,2-5,7H2,1H3. The molecule has 3 saturated carbocycles. The van der Waals surface area contributed by atoms with Crippen molar-refractivity contribution in [3.05, 3.63) is 11.6 Å². The summed E-state index contributed by atoms with van der Waals surface area (Å²) in [5, 5.41) is 0. The van der Waals surface area contributed by atoms with Gasteiger partial charge in [0, 0.05) is 0 Å². The molecule has 0 aromatic carbocycles. The zero-order valence-corrected chi connectivity index (χ0v) is 24.2. The van der Waals surface area contributed by atoms with Gasteiger partial charge in [0.25, 0.3) is 0 Å². The Kier molecular flexibility index (Phi) is 8.98. The van der Waals surface area contributed by atoms with Crippen molar-refractivity contribution >= 4 is 23.9 Å². The van der Waals surface area contributed by atoms with Gasteiger partial charge in [-0.2, -0.15) is 0 Å². The second-order valence-corrected chi connectivity index (χ2v) is 13.2. The summed E-state index contributed by atoms with van der Waals surface area (Å²) < 4.78 is 9.75. The number of carbonyl (C=O) groups excluding carboxylic acids is 4. The Hall–Kier alpha value is -1.98. The van der Waals surface area contributed by atoms with Gasteiger partial charge in [-0.3, -0.25) is 19.2 Å². The minimum absolute atomic E-state index is 0.0912. The Bertz CT molecular complexity index is 945. The molecule has 4 bridgehead atoms. The van der Waals surface area contributed by atoms with Crippen molar-refractivity contribution in [2.24, 2.45) is 59.2 Å². The lowest BCUT2D eigenvalue weighted by atomic mass is 9.66. The van der Waals surface area contributed by atoms with Gasteiger partial charge in [-0.25, -0.2) is 0 Å². The van der Waals surface area contributed by atoms with Crippen LogP contribution in [0.3, 0.4) is 0 Å². The molecule has 0 aromatic rings. The molecule has 2 saturated heterocycles. The Morgan fingerprint density at radius 3 is 1.64 bits per heavy atom. The fourth-order valence-corrected chi connectivity index (χ4v) is 9.42. The summed E-state index contributed by atoms with van der Waals surface area (Å²) in [6.07, 6.45) is 19.2. The Morgan fingerprint density at radius 2 is 1.10 bits per heavy atom. The fourth-order valence-electron chi connectivity index (χ4n) is 9.42. The highest BCUT2D eigenvalue weighted by atomic mass is 16.6. The number of esters is 4. The van der Waals surface area contributed by atoms with Crippen LogP contribution in [0.25, 0.3) is 0 Å². The molecule has 0 aromatic heterocycles. The van der Waals surface area contributed by atoms with Crippen molar-refractivity contribution < 1.29 is 28.7 Å². The summed E-state index contributed by atoms with van der Waals surface area (Å²) in [6, 6.07) is 0. The molecule has 6 nitrogen and oxygen atoms in total. The summed E-state index contributed by atoms with van der Waals surface area (Å²) in [5.74, 6) is 1.31. The number of fused-ring (bicyclic) bond motifs is 10. The highest BCUT2D eigenvalue weighted by Crippen LogP contribution is 2.63. The van der Waals surface area contributed by atoms with E-state index in [-0.39, 0.29) is 53.5 Å². The number of hydrogen-bond acceptors (Lipinski definition) is 6. The minimum atomic E-state index is -0.281. The van der Waals surface area contributed by atoms with Crippen LogP contribution in [0.1, 0.15) is 111 Å². The molecule has 0 N–H and O–H groups in total. The van der Waals surface area contributed by atoms with E-state index in [2.05, 4.69) is 26.8 Å². The normalized spacial score (nSPS) is 38.9. The van der Waals surface area contributed by atoms with Gasteiger partial charge in [-0.1, -0.05) is 83.8 Å². The predicted molar refractivity (Wildman–Crippen MR) is 147 cm³/mol. The third kappa shape index (κ3) is 5.26. The van der Waals surface area contributed by atoms with E-state index in [4.69, 9.17) is 9.47 Å². The highest BCUT2D eigenvalue weighted by Gasteiger charge is 2.65. The maximum absolute atomic E-state index is 12.1. The first-order chi connectivity index (χ1) is 18.9. The zero-order chi connectivity index (χ0) is 27.7. The Morgan fingerprint density at radius 1 is 0.615 bits per heavy atom. The summed E-state index contributed by atoms with van der Waals surface area (Å²) in [6.45, 7) is 6.67. The molecule has 0 amide bonds. The third-order valence-corrected chi connectivity index (χ3v) is 11.1. The van der Waals surface area contributed by atoms with Gasteiger partial charge in [-0.15, -0.1) is 0 Å². The molecule has 0 radical (unpaired) electrons. The van der Waals surface area contributed by atoms with Crippen molar-refractivity contribution in [2.75, 3.05) is 0 Å². The van der Waals surface area contributed by atoms with Crippen molar-refractivity contribution in [1.82, 2.24) is 0 Å². The first kappa shape index (κ1) is 28.5. The molecule has 2 heterocycles. The number of cyclic esters (lactones) is 4. The number of hydrogen-bond donors (Lipinski definition) is 0. The lowest BCUT2D eigenvalue weighted by Crippen LogP contribution is -2.36. The number of rotatable bonds is 12. The van der Waals surface area contributed by atoms with Gasteiger partial charge >= 0.3 is 23.9 Å². The minimum Gasteiger partial charge on any atom is -0.393 e. The topological polar surface area (TPSA) is 86.7 Å². The Labute approximate surface area is 234 Å². The van der Waals surface area contributed by atoms with Crippen LogP contribution in [0.2, 0.25) is 0 Å². The summed E-state index contributed by atoms with van der Waals surface area (Å²) in [5.41, 5.74) is 1.41. The molecule has 2 aliphatic heterocycles. The molecule has 216 valence electrons. The fraction of sp³-hybridized carbons (Fsp3) is 0.818. The van der Waals surface area contributed by atoms with Crippen LogP contribution in [0.15, 0.2) is 11.6 Å². The van der Waals surface area contributed by atoms with Gasteiger partial charge in [-0.05, 0) is 74.0 Å². The van der Waals surface area contributed by atoms with Crippen LogP contribution in [-0.4, -0.2) is 23.9 Å². The van der Waals surface area contributed by atoms with Gasteiger partial charge in [0.1, 0.15) is 0 Å². The molecule has 10 unspecified atom stereocenters. The monoisotopic (exact) mass is 540 g/mol. The zero-order valence-electron chi connectivity index (χ0n) is 24.2. The summed E-state index contributed by atoms with van der Waals surface area (Å²) >= 11 is 0. The second-order valence-electron chi connectivity index (χ2n) is 13.2. The van der Waals surface area contributed by atoms with E-state index >= 15 is 0 Å². The quantitative estimate of drug-likeness (QED) is 0.117. The average Bonchev–Trinajstić information content (AvgIpc) is 3.73. The maximum Gasteiger partial charge on any atom is 0.318 e. The molecule has 6 rings (SSSR count). The number of carbonyl (C=O) groups is 4. The largest absolute Gasteiger partial charge is 0.393 e. The van der Waals surface area contributed by atoms with E-state index in [1.54, 1.807) is 0 Å². The first-order valence-corrected chi connectivity index (χ1v) is 16.1. The van der Waals surface area contributed by atoms with Crippen LogP contribution < -0.4 is 0 Å². The molecule has 0 spiro atoms. The predicted octanol–water partition coefficient (Wildman–Crippen LogP) is 6.80. The van der Waals surface area contributed by atoms with Crippen molar-refractivity contribution in [3.63, 3.8) is 0 Å². The van der Waals surface area contributed by atoms with Crippen molar-refractivity contribution in [2.45, 2.75) is 111 Å². The maximum atomic E-state index is 12.1. The van der Waals surface area contributed by atoms with Gasteiger partial charge in [0.05, 0.1) is 23.7 Å². The van der Waals surface area contributed by atoms with Crippen molar-refractivity contribution in [3.8, 4) is 0 Å². The van der Waals surface area contributed by atoms with Gasteiger partial charge < -0.3 is 9.47 Å². The number of ether oxygens (including phenoxy) is 2. The second kappa shape index (κ2) is 12.3. The number of unbranched alkanes of at least 4 members (excludes halogenated alkanes) is 6. The van der Waals surface area contributed by atoms with Crippen LogP contribution in [0, 0.1) is 59.2 Å². The lowest BCUT2D eigenvalue weighted by molar-refractivity contribution is -0.156. The highest BCUT2D eigenvalue weighted by molar-refractivity contribution is 5.98. The van der Waals surface area contributed by atoms with Crippen LogP contribution in [0.5, 0.6) is 0 Å². The lowest BCUT2D eigenvalue weighted by Gasteiger charge is -2.35. The van der Waals surface area contributed by atoms with E-state index in [0.717, 1.165) is 19.3 Å². The van der Waals surface area contributed by atoms with Gasteiger partial charge in [0.15, 0.2) is 0 Å². The van der Waals surface area contributed by atoms with Gasteiger partial charge in [0.2, 0.25) is 0 Å². The molecule has 10 atom stereocenters. The molecule has 5 fully saturated rings.